The Kier molecular flexibility index (Phi) is 4.22. The van der Waals surface area contributed by atoms with Gasteiger partial charge in [0.1, 0.15) is 11.3 Å². The van der Waals surface area contributed by atoms with Crippen LogP contribution in [0.15, 0.2) is 0 Å². The lowest BCUT2D eigenvalue weighted by Gasteiger charge is -2.17. The van der Waals surface area contributed by atoms with Crippen LogP contribution in [0.1, 0.15) is 31.8 Å². The molecule has 1 fully saturated rings. The maximum absolute atomic E-state index is 5.96. The number of nitrogens with zero attached hydrogens (tertiary/aromatic N) is 4. The van der Waals surface area contributed by atoms with Gasteiger partial charge in [0, 0.05) is 37.9 Å². The number of aromatic nitrogens is 4. The van der Waals surface area contributed by atoms with Gasteiger partial charge in [-0.3, -0.25) is 0 Å². The number of fused-ring (bicyclic) bond motifs is 1. The van der Waals surface area contributed by atoms with Crippen LogP contribution in [0.2, 0.25) is 0 Å². The predicted molar refractivity (Wildman–Crippen MR) is 83.9 cm³/mol. The summed E-state index contributed by atoms with van der Waals surface area (Å²) in [6, 6.07) is 0. The molecule has 2 aromatic rings. The van der Waals surface area contributed by atoms with Gasteiger partial charge < -0.3 is 9.30 Å². The largest absolute Gasteiger partial charge is 0.378 e. The molecule has 1 aliphatic heterocycles. The standard InChI is InChI=1S/C15H23ClN4O/c1-4-20-15-14(10(2)18-20)17-13(5-7-16)19(15)9-12-6-8-21-11(12)3/h11-12H,4-9H2,1-3H3. The van der Waals surface area contributed by atoms with Gasteiger partial charge in [-0.05, 0) is 27.2 Å². The molecule has 5 nitrogen and oxygen atoms in total. The van der Waals surface area contributed by atoms with E-state index in [0.29, 0.717) is 17.9 Å². The van der Waals surface area contributed by atoms with E-state index in [1.807, 2.05) is 6.92 Å². The van der Waals surface area contributed by atoms with Gasteiger partial charge in [-0.2, -0.15) is 5.10 Å². The van der Waals surface area contributed by atoms with Crippen molar-refractivity contribution in [2.45, 2.75) is 52.8 Å². The monoisotopic (exact) mass is 310 g/mol. The lowest BCUT2D eigenvalue weighted by molar-refractivity contribution is 0.102. The smallest absolute Gasteiger partial charge is 0.158 e. The summed E-state index contributed by atoms with van der Waals surface area (Å²) < 4.78 is 10.1. The van der Waals surface area contributed by atoms with Crippen molar-refractivity contribution >= 4 is 22.8 Å². The molecule has 21 heavy (non-hydrogen) atoms. The van der Waals surface area contributed by atoms with E-state index in [1.165, 1.54) is 0 Å². The summed E-state index contributed by atoms with van der Waals surface area (Å²) in [5.41, 5.74) is 3.15. The molecule has 2 atom stereocenters. The minimum absolute atomic E-state index is 0.311. The summed E-state index contributed by atoms with van der Waals surface area (Å²) in [6.45, 7) is 8.96. The second kappa shape index (κ2) is 5.97. The number of rotatable bonds is 5. The summed E-state index contributed by atoms with van der Waals surface area (Å²) in [4.78, 5) is 4.79. The normalized spacial score (nSPS) is 22.5. The van der Waals surface area contributed by atoms with Crippen LogP contribution in [-0.4, -0.2) is 37.9 Å². The number of ether oxygens (including phenoxy) is 1. The molecule has 3 rings (SSSR count). The first-order valence-electron chi connectivity index (χ1n) is 7.75. The fourth-order valence-corrected chi connectivity index (χ4v) is 3.38. The van der Waals surface area contributed by atoms with Crippen molar-refractivity contribution in [3.05, 3.63) is 11.5 Å². The van der Waals surface area contributed by atoms with E-state index >= 15 is 0 Å². The van der Waals surface area contributed by atoms with Crippen LogP contribution in [0, 0.1) is 12.8 Å². The molecule has 0 bridgehead atoms. The molecule has 0 amide bonds. The number of hydrogen-bond donors (Lipinski definition) is 0. The molecule has 116 valence electrons. The minimum Gasteiger partial charge on any atom is -0.378 e. The first-order valence-corrected chi connectivity index (χ1v) is 8.29. The molecule has 2 aromatic heterocycles. The second-order valence-electron chi connectivity index (χ2n) is 5.78. The van der Waals surface area contributed by atoms with Crippen molar-refractivity contribution in [3.63, 3.8) is 0 Å². The van der Waals surface area contributed by atoms with Crippen molar-refractivity contribution in [2.75, 3.05) is 12.5 Å². The molecule has 0 radical (unpaired) electrons. The number of imidazole rings is 1. The number of aryl methyl sites for hydroxylation is 3. The zero-order chi connectivity index (χ0) is 15.0. The molecule has 2 unspecified atom stereocenters. The molecular weight excluding hydrogens is 288 g/mol. The third-order valence-corrected chi connectivity index (χ3v) is 4.63. The van der Waals surface area contributed by atoms with Gasteiger partial charge >= 0.3 is 0 Å². The Bertz CT molecular complexity index is 633. The molecule has 3 heterocycles. The van der Waals surface area contributed by atoms with Gasteiger partial charge in [0.25, 0.3) is 0 Å². The third kappa shape index (κ3) is 2.57. The molecule has 1 aliphatic rings. The average Bonchev–Trinajstić information content (AvgIpc) is 3.10. The Morgan fingerprint density at radius 1 is 1.43 bits per heavy atom. The Morgan fingerprint density at radius 2 is 2.24 bits per heavy atom. The minimum atomic E-state index is 0.311. The molecule has 0 aliphatic carbocycles. The van der Waals surface area contributed by atoms with Crippen LogP contribution in [0.25, 0.3) is 11.2 Å². The summed E-state index contributed by atoms with van der Waals surface area (Å²) >= 11 is 5.96. The summed E-state index contributed by atoms with van der Waals surface area (Å²) in [6.07, 6.45) is 2.22. The molecule has 6 heteroatoms. The highest BCUT2D eigenvalue weighted by molar-refractivity contribution is 6.17. The van der Waals surface area contributed by atoms with E-state index in [-0.39, 0.29) is 0 Å². The Hall–Kier alpha value is -1.07. The highest BCUT2D eigenvalue weighted by Crippen LogP contribution is 2.27. The highest BCUT2D eigenvalue weighted by Gasteiger charge is 2.27. The van der Waals surface area contributed by atoms with E-state index < -0.39 is 0 Å². The van der Waals surface area contributed by atoms with Crippen LogP contribution in [-0.2, 0) is 24.2 Å². The lowest BCUT2D eigenvalue weighted by atomic mass is 10.0. The van der Waals surface area contributed by atoms with Crippen molar-refractivity contribution in [1.82, 2.24) is 19.3 Å². The lowest BCUT2D eigenvalue weighted by Crippen LogP contribution is -2.20. The summed E-state index contributed by atoms with van der Waals surface area (Å²) in [7, 11) is 0. The maximum Gasteiger partial charge on any atom is 0.158 e. The van der Waals surface area contributed by atoms with Gasteiger partial charge in [-0.1, -0.05) is 0 Å². The van der Waals surface area contributed by atoms with Crippen molar-refractivity contribution < 1.29 is 4.74 Å². The first-order chi connectivity index (χ1) is 10.2. The van der Waals surface area contributed by atoms with Gasteiger partial charge in [0.2, 0.25) is 0 Å². The van der Waals surface area contributed by atoms with Gasteiger partial charge in [-0.15, -0.1) is 11.6 Å². The average molecular weight is 311 g/mol. The van der Waals surface area contributed by atoms with Gasteiger partial charge in [0.15, 0.2) is 5.65 Å². The zero-order valence-electron chi connectivity index (χ0n) is 13.0. The van der Waals surface area contributed by atoms with Gasteiger partial charge in [-0.25, -0.2) is 9.67 Å². The molecular formula is C15H23ClN4O. The Labute approximate surface area is 130 Å². The Balaban J connectivity index is 2.05. The highest BCUT2D eigenvalue weighted by atomic mass is 35.5. The molecule has 0 spiro atoms. The number of alkyl halides is 1. The molecule has 0 aromatic carbocycles. The van der Waals surface area contributed by atoms with Crippen molar-refractivity contribution in [2.24, 2.45) is 5.92 Å². The third-order valence-electron chi connectivity index (χ3n) is 4.45. The predicted octanol–water partition coefficient (Wildman–Crippen LogP) is 2.77. The van der Waals surface area contributed by atoms with Crippen LogP contribution in [0.4, 0.5) is 0 Å². The summed E-state index contributed by atoms with van der Waals surface area (Å²) in [5.74, 6) is 2.20. The first kappa shape index (κ1) is 14.9. The van der Waals surface area contributed by atoms with Crippen LogP contribution < -0.4 is 0 Å². The Morgan fingerprint density at radius 3 is 2.86 bits per heavy atom. The van der Waals surface area contributed by atoms with Gasteiger partial charge in [0.05, 0.1) is 11.8 Å². The SMILES string of the molecule is CCn1nc(C)c2nc(CCCl)n(CC3CCOC3C)c21. The fraction of sp³-hybridized carbons (Fsp3) is 0.733. The van der Waals surface area contributed by atoms with Crippen LogP contribution >= 0.6 is 11.6 Å². The van der Waals surface area contributed by atoms with Crippen LogP contribution in [0.5, 0.6) is 0 Å². The van der Waals surface area contributed by atoms with E-state index in [4.69, 9.17) is 21.3 Å². The molecule has 0 N–H and O–H groups in total. The fourth-order valence-electron chi connectivity index (χ4n) is 3.21. The summed E-state index contributed by atoms with van der Waals surface area (Å²) in [5, 5.41) is 4.59. The number of halogens is 1. The van der Waals surface area contributed by atoms with Crippen molar-refractivity contribution in [3.8, 4) is 0 Å². The molecule has 1 saturated heterocycles. The molecule has 0 saturated carbocycles. The van der Waals surface area contributed by atoms with E-state index in [9.17, 15) is 0 Å². The maximum atomic E-state index is 5.96. The van der Waals surface area contributed by atoms with E-state index in [0.717, 1.165) is 55.2 Å². The second-order valence-corrected chi connectivity index (χ2v) is 6.15. The van der Waals surface area contributed by atoms with E-state index in [2.05, 4.69) is 28.2 Å². The van der Waals surface area contributed by atoms with Crippen LogP contribution in [0.3, 0.4) is 0 Å². The number of hydrogen-bond acceptors (Lipinski definition) is 3. The van der Waals surface area contributed by atoms with E-state index in [1.54, 1.807) is 0 Å². The van der Waals surface area contributed by atoms with Crippen molar-refractivity contribution in [1.29, 1.82) is 0 Å². The quantitative estimate of drug-likeness (QED) is 0.798. The topological polar surface area (TPSA) is 44.9 Å². The zero-order valence-corrected chi connectivity index (χ0v) is 13.7.